The third kappa shape index (κ3) is 18.1. The molecule has 11 heteroatoms. The van der Waals surface area contributed by atoms with Crippen molar-refractivity contribution >= 4 is 34.5 Å². The first kappa shape index (κ1) is 51.7. The first-order chi connectivity index (χ1) is 24.5. The van der Waals surface area contributed by atoms with Gasteiger partial charge in [0.25, 0.3) is 0 Å². The summed E-state index contributed by atoms with van der Waals surface area (Å²) in [6.07, 6.45) is 9.85. The van der Waals surface area contributed by atoms with Gasteiger partial charge in [-0.1, -0.05) is 125 Å². The number of rotatable bonds is 24. The van der Waals surface area contributed by atoms with E-state index in [4.69, 9.17) is 24.4 Å². The SMILES string of the molecule is C=C/C=C\[C@H](C)[C@H](OC(N)=O)[C@@H](C)[C@H](O[Si](C)(C)C(C)(C)C)[C@@H](C)C/C(C)=C\[C@H](C)[C@@H](O[Si](C)(C)C(C)(C)C)[C@@H](C)/C=C\[C@@H](O)CC(=O)CCCC(=O)O. The summed E-state index contributed by atoms with van der Waals surface area (Å²) in [5.74, 6) is -1.34. The van der Waals surface area contributed by atoms with E-state index in [1.807, 2.05) is 25.2 Å². The van der Waals surface area contributed by atoms with Gasteiger partial charge in [-0.25, -0.2) is 4.79 Å². The molecule has 0 rings (SSSR count). The number of carboxylic acids is 1. The summed E-state index contributed by atoms with van der Waals surface area (Å²) >= 11 is 0. The Hall–Kier alpha value is -2.32. The molecular weight excluding hydrogens is 715 g/mol. The zero-order valence-corrected chi connectivity index (χ0v) is 38.8. The number of Topliss-reactive ketones (excluding diaryl/α,β-unsaturated/α-hetero) is 1. The van der Waals surface area contributed by atoms with E-state index in [1.54, 1.807) is 12.2 Å². The molecule has 0 fully saturated rings. The lowest BCUT2D eigenvalue weighted by Gasteiger charge is -2.45. The normalized spacial score (nSPS) is 18.7. The fraction of sp³-hybridized carbons (Fsp3) is 0.744. The second-order valence-corrected chi connectivity index (χ2v) is 28.3. The molecule has 0 aliphatic carbocycles. The van der Waals surface area contributed by atoms with Crippen molar-refractivity contribution in [1.29, 1.82) is 0 Å². The number of carbonyl (C=O) groups is 3. The number of hydrogen-bond acceptors (Lipinski definition) is 7. The molecule has 0 saturated carbocycles. The second kappa shape index (κ2) is 22.4. The molecular formula is C43H79NO8Si2. The van der Waals surface area contributed by atoms with Crippen molar-refractivity contribution in [3.63, 3.8) is 0 Å². The minimum absolute atomic E-state index is 0.0183. The van der Waals surface area contributed by atoms with Crippen LogP contribution < -0.4 is 5.73 Å². The summed E-state index contributed by atoms with van der Waals surface area (Å²) in [5, 5.41) is 19.5. The Bertz CT molecular complexity index is 1290. The zero-order chi connectivity index (χ0) is 42.4. The molecule has 54 heavy (non-hydrogen) atoms. The van der Waals surface area contributed by atoms with Gasteiger partial charge in [0.05, 0.1) is 18.3 Å². The number of nitrogens with two attached hydrogens (primary N) is 1. The number of amides is 1. The molecule has 0 aliphatic rings. The van der Waals surface area contributed by atoms with Gasteiger partial charge >= 0.3 is 12.1 Å². The molecule has 9 nitrogen and oxygen atoms in total. The third-order valence-corrected chi connectivity index (χ3v) is 20.5. The summed E-state index contributed by atoms with van der Waals surface area (Å²) in [6, 6.07) is 0. The van der Waals surface area contributed by atoms with E-state index in [0.717, 1.165) is 6.42 Å². The third-order valence-electron chi connectivity index (χ3n) is 11.5. The number of ether oxygens (including phenoxy) is 1. The topological polar surface area (TPSA) is 145 Å². The predicted octanol–water partition coefficient (Wildman–Crippen LogP) is 10.6. The van der Waals surface area contributed by atoms with Crippen LogP contribution in [0.2, 0.25) is 36.3 Å². The van der Waals surface area contributed by atoms with E-state index in [2.05, 4.69) is 115 Å². The molecule has 0 aromatic heterocycles. The van der Waals surface area contributed by atoms with Gasteiger partial charge in [0.2, 0.25) is 0 Å². The first-order valence-corrected chi connectivity index (χ1v) is 25.7. The molecule has 0 bridgehead atoms. The average Bonchev–Trinajstić information content (AvgIpc) is 3.00. The summed E-state index contributed by atoms with van der Waals surface area (Å²) in [6.45, 7) is 38.8. The predicted molar refractivity (Wildman–Crippen MR) is 228 cm³/mol. The maximum atomic E-state index is 12.3. The molecule has 1 amide bonds. The second-order valence-electron chi connectivity index (χ2n) is 18.8. The van der Waals surface area contributed by atoms with Crippen LogP contribution in [0.3, 0.4) is 0 Å². The van der Waals surface area contributed by atoms with E-state index in [0.29, 0.717) is 0 Å². The number of aliphatic hydroxyl groups excluding tert-OH is 1. The number of carboxylic acid groups (broad SMARTS) is 1. The maximum absolute atomic E-state index is 12.3. The summed E-state index contributed by atoms with van der Waals surface area (Å²) in [4.78, 5) is 35.3. The number of aliphatic carboxylic acids is 1. The van der Waals surface area contributed by atoms with Crippen LogP contribution in [0.4, 0.5) is 4.79 Å². The van der Waals surface area contributed by atoms with Gasteiger partial charge in [0, 0.05) is 31.1 Å². The average molecular weight is 794 g/mol. The van der Waals surface area contributed by atoms with Crippen LogP contribution in [0.5, 0.6) is 0 Å². The number of allylic oxidation sites excluding steroid dienone is 3. The smallest absolute Gasteiger partial charge is 0.404 e. The van der Waals surface area contributed by atoms with Gasteiger partial charge in [0.1, 0.15) is 11.9 Å². The Morgan fingerprint density at radius 1 is 0.759 bits per heavy atom. The van der Waals surface area contributed by atoms with E-state index < -0.39 is 40.9 Å². The summed E-state index contributed by atoms with van der Waals surface area (Å²) < 4.78 is 20.1. The minimum atomic E-state index is -2.25. The van der Waals surface area contributed by atoms with E-state index in [9.17, 15) is 19.5 Å². The van der Waals surface area contributed by atoms with E-state index in [1.165, 1.54) is 5.57 Å². The van der Waals surface area contributed by atoms with Gasteiger partial charge in [0.15, 0.2) is 16.6 Å². The lowest BCUT2D eigenvalue weighted by molar-refractivity contribution is -0.137. The maximum Gasteiger partial charge on any atom is 0.404 e. The molecule has 0 aliphatic heterocycles. The Kier molecular flexibility index (Phi) is 21.5. The van der Waals surface area contributed by atoms with Crippen LogP contribution in [0.1, 0.15) is 115 Å². The monoisotopic (exact) mass is 794 g/mol. The van der Waals surface area contributed by atoms with Crippen molar-refractivity contribution in [2.45, 2.75) is 176 Å². The van der Waals surface area contributed by atoms with Crippen molar-refractivity contribution in [2.24, 2.45) is 35.3 Å². The van der Waals surface area contributed by atoms with Crippen molar-refractivity contribution in [3.05, 3.63) is 48.6 Å². The van der Waals surface area contributed by atoms with Gasteiger partial charge in [-0.15, -0.1) is 0 Å². The Morgan fingerprint density at radius 3 is 1.72 bits per heavy atom. The highest BCUT2D eigenvalue weighted by Crippen LogP contribution is 2.42. The molecule has 0 spiro atoms. The number of aliphatic hydroxyl groups is 1. The number of primary amides is 1. The van der Waals surface area contributed by atoms with Crippen LogP contribution in [0.25, 0.3) is 0 Å². The van der Waals surface area contributed by atoms with Crippen molar-refractivity contribution in [1.82, 2.24) is 0 Å². The molecule has 0 heterocycles. The largest absolute Gasteiger partial charge is 0.481 e. The molecule has 0 aromatic carbocycles. The molecule has 0 unspecified atom stereocenters. The molecule has 312 valence electrons. The lowest BCUT2D eigenvalue weighted by atomic mass is 9.81. The highest BCUT2D eigenvalue weighted by molar-refractivity contribution is 6.74. The summed E-state index contributed by atoms with van der Waals surface area (Å²) in [5.41, 5.74) is 6.81. The minimum Gasteiger partial charge on any atom is -0.481 e. The van der Waals surface area contributed by atoms with Gasteiger partial charge in [-0.2, -0.15) is 0 Å². The Labute approximate surface area is 331 Å². The fourth-order valence-corrected chi connectivity index (χ4v) is 9.28. The number of hydrogen-bond donors (Lipinski definition) is 3. The van der Waals surface area contributed by atoms with Gasteiger partial charge < -0.3 is 29.5 Å². The molecule has 4 N–H and O–H groups in total. The fourth-order valence-electron chi connectivity index (χ4n) is 6.34. The van der Waals surface area contributed by atoms with Crippen LogP contribution in [-0.2, 0) is 23.2 Å². The highest BCUT2D eigenvalue weighted by atomic mass is 28.4. The zero-order valence-electron chi connectivity index (χ0n) is 36.8. The van der Waals surface area contributed by atoms with Crippen LogP contribution in [-0.4, -0.2) is 69.1 Å². The highest BCUT2D eigenvalue weighted by Gasteiger charge is 2.44. The van der Waals surface area contributed by atoms with Crippen LogP contribution in [0, 0.1) is 29.6 Å². The Balaban J connectivity index is 6.62. The van der Waals surface area contributed by atoms with Gasteiger partial charge in [-0.3, -0.25) is 9.59 Å². The summed E-state index contributed by atoms with van der Waals surface area (Å²) in [7, 11) is -4.47. The number of ketones is 1. The molecule has 0 aromatic rings. The first-order valence-electron chi connectivity index (χ1n) is 19.9. The van der Waals surface area contributed by atoms with Crippen molar-refractivity contribution in [2.75, 3.05) is 0 Å². The number of carbonyl (C=O) groups excluding carboxylic acids is 2. The molecule has 9 atom stereocenters. The molecule has 0 radical (unpaired) electrons. The molecule has 0 saturated heterocycles. The lowest BCUT2D eigenvalue weighted by Crippen LogP contribution is -2.50. The Morgan fingerprint density at radius 2 is 1.26 bits per heavy atom. The quantitative estimate of drug-likeness (QED) is 0.0497. The van der Waals surface area contributed by atoms with Crippen LogP contribution in [0.15, 0.2) is 48.6 Å². The van der Waals surface area contributed by atoms with E-state index in [-0.39, 0.29) is 83.3 Å². The van der Waals surface area contributed by atoms with Crippen molar-refractivity contribution < 1.29 is 38.2 Å². The van der Waals surface area contributed by atoms with Crippen molar-refractivity contribution in [3.8, 4) is 0 Å². The standard InChI is InChI=1S/C43H79NO8Si2/c1-18-19-21-30(3)39(50-41(44)49)34(7)40(52-54(16,17)43(11,12)13)33(6)27-29(2)26-32(5)38(51-53(14,15)42(8,9)10)31(4)24-25-36(46)28-35(45)22-20-23-37(47)48/h18-19,21,24-26,30-34,36,38-40,46H,1,20,22-23,27-28H2,2-17H3,(H2,44,49)(H,47,48)/b21-19-,25-24-,29-26-/t30-,31-,32-,33-,34+,36+,38-,39-,40+/m0/s1. The van der Waals surface area contributed by atoms with Gasteiger partial charge in [-0.05, 0) is 73.8 Å². The van der Waals surface area contributed by atoms with E-state index >= 15 is 0 Å². The van der Waals surface area contributed by atoms with Crippen LogP contribution >= 0.6 is 0 Å².